The number of aliphatic hydroxyl groups excluding tert-OH is 1. The Bertz CT molecular complexity index is 1430. The molecule has 0 spiro atoms. The van der Waals surface area contributed by atoms with Crippen LogP contribution in [-0.4, -0.2) is 36.0 Å². The average Bonchev–Trinajstić information content (AvgIpc) is 3.41. The van der Waals surface area contributed by atoms with E-state index in [2.05, 4.69) is 4.98 Å². The van der Waals surface area contributed by atoms with E-state index >= 15 is 0 Å². The van der Waals surface area contributed by atoms with Crippen molar-refractivity contribution in [3.8, 4) is 11.5 Å². The van der Waals surface area contributed by atoms with E-state index < -0.39 is 17.7 Å². The van der Waals surface area contributed by atoms with Gasteiger partial charge in [0.05, 0.1) is 36.1 Å². The first-order chi connectivity index (χ1) is 16.5. The molecule has 5 rings (SSSR count). The van der Waals surface area contributed by atoms with E-state index in [-0.39, 0.29) is 11.3 Å². The van der Waals surface area contributed by atoms with Gasteiger partial charge in [0.2, 0.25) is 0 Å². The highest BCUT2D eigenvalue weighted by molar-refractivity contribution is 7.22. The summed E-state index contributed by atoms with van der Waals surface area (Å²) in [5, 5.41) is 11.6. The van der Waals surface area contributed by atoms with E-state index in [1.54, 1.807) is 50.6 Å². The Balaban J connectivity index is 1.69. The van der Waals surface area contributed by atoms with Gasteiger partial charge in [0, 0.05) is 5.56 Å². The van der Waals surface area contributed by atoms with E-state index in [1.807, 2.05) is 36.4 Å². The molecule has 1 unspecified atom stereocenters. The number of benzene rings is 3. The fraction of sp³-hybridized carbons (Fsp3) is 0.115. The molecule has 0 radical (unpaired) electrons. The number of methoxy groups -OCH3 is 2. The molecular weight excluding hydrogens is 452 g/mol. The summed E-state index contributed by atoms with van der Waals surface area (Å²) in [6.07, 6.45) is 0. The van der Waals surface area contributed by atoms with Crippen molar-refractivity contribution in [1.82, 2.24) is 4.98 Å². The quantitative estimate of drug-likeness (QED) is 0.251. The van der Waals surface area contributed by atoms with Gasteiger partial charge in [0.25, 0.3) is 5.78 Å². The number of Topliss-reactive ketones (excluding diaryl/α,β-unsaturated/α-hetero) is 1. The summed E-state index contributed by atoms with van der Waals surface area (Å²) in [4.78, 5) is 32.5. The van der Waals surface area contributed by atoms with Crippen LogP contribution in [0.1, 0.15) is 17.2 Å². The number of rotatable bonds is 5. The number of carbonyl (C=O) groups excluding carboxylic acids is 2. The Morgan fingerprint density at radius 3 is 2.29 bits per heavy atom. The molecule has 3 aromatic carbocycles. The first kappa shape index (κ1) is 21.7. The van der Waals surface area contributed by atoms with Crippen LogP contribution in [0.15, 0.2) is 78.4 Å². The summed E-state index contributed by atoms with van der Waals surface area (Å²) in [6, 6.07) is 20.4. The molecule has 1 amide bonds. The number of nitrogens with zero attached hydrogens (tertiary/aromatic N) is 2. The van der Waals surface area contributed by atoms with Crippen molar-refractivity contribution in [2.45, 2.75) is 6.04 Å². The summed E-state index contributed by atoms with van der Waals surface area (Å²) in [7, 11) is 3.12. The lowest BCUT2D eigenvalue weighted by Crippen LogP contribution is -2.29. The van der Waals surface area contributed by atoms with Gasteiger partial charge < -0.3 is 14.6 Å². The van der Waals surface area contributed by atoms with Gasteiger partial charge in [0.1, 0.15) is 17.3 Å². The molecule has 4 aromatic rings. The maximum absolute atomic E-state index is 13.3. The van der Waals surface area contributed by atoms with Crippen molar-refractivity contribution < 1.29 is 24.2 Å². The smallest absolute Gasteiger partial charge is 0.301 e. The second kappa shape index (κ2) is 8.64. The van der Waals surface area contributed by atoms with Crippen LogP contribution in [0.5, 0.6) is 11.5 Å². The molecular formula is C26H20N2O5S. The van der Waals surface area contributed by atoms with Crippen LogP contribution in [0.2, 0.25) is 0 Å². The maximum Gasteiger partial charge on any atom is 0.301 e. The summed E-state index contributed by atoms with van der Waals surface area (Å²) in [5.41, 5.74) is 1.80. The number of aromatic nitrogens is 1. The molecule has 34 heavy (non-hydrogen) atoms. The summed E-state index contributed by atoms with van der Waals surface area (Å²) in [6.45, 7) is 0. The zero-order valence-electron chi connectivity index (χ0n) is 18.4. The number of aliphatic hydroxyl groups is 1. The highest BCUT2D eigenvalue weighted by Crippen LogP contribution is 2.44. The number of amides is 1. The van der Waals surface area contributed by atoms with Gasteiger partial charge in [-0.1, -0.05) is 41.7 Å². The third-order valence-electron chi connectivity index (χ3n) is 5.71. The standard InChI is InChI=1S/C26H20N2O5S/c1-32-17-10-8-16(9-11-17)23(29)21-22(15-6-4-3-5-7-15)28(25(31)24(21)30)26-27-19-13-12-18(33-2)14-20(19)34-26/h3-14,22,29H,1-2H3. The average molecular weight is 473 g/mol. The SMILES string of the molecule is COc1ccc(C(O)=C2C(=O)C(=O)N(c3nc4ccc(OC)cc4s3)C2c2ccccc2)cc1. The van der Waals surface area contributed by atoms with Crippen LogP contribution in [0.25, 0.3) is 16.0 Å². The van der Waals surface area contributed by atoms with Crippen LogP contribution in [-0.2, 0) is 9.59 Å². The van der Waals surface area contributed by atoms with Crippen molar-refractivity contribution in [3.63, 3.8) is 0 Å². The molecule has 1 fully saturated rings. The van der Waals surface area contributed by atoms with Gasteiger partial charge in [-0.05, 0) is 48.0 Å². The predicted molar refractivity (Wildman–Crippen MR) is 130 cm³/mol. The molecule has 170 valence electrons. The number of carbonyl (C=O) groups is 2. The minimum Gasteiger partial charge on any atom is -0.507 e. The van der Waals surface area contributed by atoms with Crippen molar-refractivity contribution in [2.75, 3.05) is 19.1 Å². The Morgan fingerprint density at radius 1 is 0.941 bits per heavy atom. The number of thiazole rings is 1. The fourth-order valence-electron chi connectivity index (χ4n) is 4.01. The number of hydrogen-bond donors (Lipinski definition) is 1. The molecule has 8 heteroatoms. The van der Waals surface area contributed by atoms with E-state index in [9.17, 15) is 14.7 Å². The van der Waals surface area contributed by atoms with Gasteiger partial charge in [-0.2, -0.15) is 0 Å². The van der Waals surface area contributed by atoms with Gasteiger partial charge in [-0.25, -0.2) is 4.98 Å². The molecule has 0 aliphatic carbocycles. The van der Waals surface area contributed by atoms with E-state index in [0.717, 1.165) is 4.70 Å². The van der Waals surface area contributed by atoms with Crippen molar-refractivity contribution in [3.05, 3.63) is 89.5 Å². The molecule has 1 aromatic heterocycles. The second-order valence-electron chi connectivity index (χ2n) is 7.64. The number of ketones is 1. The Morgan fingerprint density at radius 2 is 1.62 bits per heavy atom. The fourth-order valence-corrected chi connectivity index (χ4v) is 5.03. The van der Waals surface area contributed by atoms with Crippen LogP contribution in [0, 0.1) is 0 Å². The normalized spacial score (nSPS) is 17.4. The Hall–Kier alpha value is -4.17. The predicted octanol–water partition coefficient (Wildman–Crippen LogP) is 4.94. The maximum atomic E-state index is 13.3. The number of hydrogen-bond acceptors (Lipinski definition) is 7. The monoisotopic (exact) mass is 472 g/mol. The highest BCUT2D eigenvalue weighted by Gasteiger charge is 2.48. The number of ether oxygens (including phenoxy) is 2. The highest BCUT2D eigenvalue weighted by atomic mass is 32.1. The molecule has 7 nitrogen and oxygen atoms in total. The lowest BCUT2D eigenvalue weighted by Gasteiger charge is -2.22. The molecule has 0 bridgehead atoms. The van der Waals surface area contributed by atoms with Gasteiger partial charge in [-0.15, -0.1) is 0 Å². The van der Waals surface area contributed by atoms with Crippen molar-refractivity contribution in [2.24, 2.45) is 0 Å². The molecule has 1 atom stereocenters. The molecule has 1 aliphatic heterocycles. The van der Waals surface area contributed by atoms with Gasteiger partial charge >= 0.3 is 5.91 Å². The topological polar surface area (TPSA) is 89.0 Å². The first-order valence-electron chi connectivity index (χ1n) is 10.5. The molecule has 2 heterocycles. The number of anilines is 1. The van der Waals surface area contributed by atoms with Gasteiger partial charge in [0.15, 0.2) is 5.13 Å². The van der Waals surface area contributed by atoms with Gasteiger partial charge in [-0.3, -0.25) is 14.5 Å². The van der Waals surface area contributed by atoms with Crippen molar-refractivity contribution >= 4 is 44.1 Å². The van der Waals surface area contributed by atoms with Crippen LogP contribution >= 0.6 is 11.3 Å². The molecule has 0 saturated carbocycles. The molecule has 1 N–H and O–H groups in total. The first-order valence-corrected chi connectivity index (χ1v) is 11.3. The molecule has 1 saturated heterocycles. The Kier molecular flexibility index (Phi) is 5.51. The lowest BCUT2D eigenvalue weighted by molar-refractivity contribution is -0.132. The largest absolute Gasteiger partial charge is 0.507 e. The third-order valence-corrected chi connectivity index (χ3v) is 6.73. The van der Waals surface area contributed by atoms with Crippen LogP contribution < -0.4 is 14.4 Å². The van der Waals surface area contributed by atoms with Crippen LogP contribution in [0.4, 0.5) is 5.13 Å². The summed E-state index contributed by atoms with van der Waals surface area (Å²) in [5.74, 6) is -0.473. The summed E-state index contributed by atoms with van der Waals surface area (Å²) >= 11 is 1.28. The van der Waals surface area contributed by atoms with E-state index in [4.69, 9.17) is 9.47 Å². The van der Waals surface area contributed by atoms with Crippen molar-refractivity contribution in [1.29, 1.82) is 0 Å². The van der Waals surface area contributed by atoms with E-state index in [1.165, 1.54) is 16.2 Å². The summed E-state index contributed by atoms with van der Waals surface area (Å²) < 4.78 is 11.3. The van der Waals surface area contributed by atoms with E-state index in [0.29, 0.717) is 33.3 Å². The number of fused-ring (bicyclic) bond motifs is 1. The zero-order chi connectivity index (χ0) is 23.8. The Labute approximate surface area is 199 Å². The van der Waals surface area contributed by atoms with Crippen LogP contribution in [0.3, 0.4) is 0 Å². The zero-order valence-corrected chi connectivity index (χ0v) is 19.2. The second-order valence-corrected chi connectivity index (χ2v) is 8.65. The lowest BCUT2D eigenvalue weighted by atomic mass is 9.95. The molecule has 1 aliphatic rings. The minimum atomic E-state index is -0.828. The minimum absolute atomic E-state index is 0.0122. The third kappa shape index (κ3) is 3.58.